The molecule has 2 aromatic carbocycles. The molecule has 1 aliphatic heterocycles. The molecule has 260 valence electrons. The molecule has 17 nitrogen and oxygen atoms in total. The van der Waals surface area contributed by atoms with Crippen LogP contribution < -0.4 is 5.56 Å². The van der Waals surface area contributed by atoms with Crippen LogP contribution in [0.15, 0.2) is 33.9 Å². The number of nitrogens with zero attached hydrogens (tertiary/aromatic N) is 1. The predicted octanol–water partition coefficient (Wildman–Crippen LogP) is -0.466. The summed E-state index contributed by atoms with van der Waals surface area (Å²) in [5, 5.41) is 74.7. The van der Waals surface area contributed by atoms with Crippen LogP contribution >= 0.6 is 11.6 Å². The number of allylic oxidation sites excluding steroid dienone is 2. The van der Waals surface area contributed by atoms with Crippen molar-refractivity contribution in [3.05, 3.63) is 73.4 Å². The van der Waals surface area contributed by atoms with Gasteiger partial charge in [0.05, 0.1) is 53.3 Å². The van der Waals surface area contributed by atoms with Crippen molar-refractivity contribution in [2.75, 3.05) is 13.7 Å². The molecule has 50 heavy (non-hydrogen) atoms. The van der Waals surface area contributed by atoms with Crippen molar-refractivity contribution in [2.24, 2.45) is 5.16 Å². The molecule has 0 bridgehead atoms. The molecule has 2 heterocycles. The van der Waals surface area contributed by atoms with Gasteiger partial charge in [0, 0.05) is 11.6 Å². The van der Waals surface area contributed by atoms with Gasteiger partial charge in [-0.1, -0.05) is 22.8 Å². The first kappa shape index (κ1) is 33.3. The van der Waals surface area contributed by atoms with Gasteiger partial charge in [0.1, 0.15) is 41.0 Å². The van der Waals surface area contributed by atoms with E-state index in [-0.39, 0.29) is 40.4 Å². The second kappa shape index (κ2) is 11.2. The number of aliphatic hydroxyl groups excluding tert-OH is 4. The molecule has 0 amide bonds. The van der Waals surface area contributed by atoms with Crippen molar-refractivity contribution in [3.63, 3.8) is 0 Å². The third-order valence-electron chi connectivity index (χ3n) is 9.54. The highest BCUT2D eigenvalue weighted by atomic mass is 35.5. The summed E-state index contributed by atoms with van der Waals surface area (Å²) in [6.07, 6.45) is -5.86. The van der Waals surface area contributed by atoms with E-state index in [1.807, 2.05) is 0 Å². The van der Waals surface area contributed by atoms with Gasteiger partial charge in [0.2, 0.25) is 5.78 Å². The predicted molar refractivity (Wildman–Crippen MR) is 166 cm³/mol. The lowest BCUT2D eigenvalue weighted by molar-refractivity contribution is -0.314. The van der Waals surface area contributed by atoms with Crippen LogP contribution in [0.4, 0.5) is 0 Å². The van der Waals surface area contributed by atoms with Crippen molar-refractivity contribution in [1.29, 1.82) is 0 Å². The number of carbonyl (C=O) groups is 4. The third-order valence-corrected chi connectivity index (χ3v) is 9.97. The number of fused-ring (bicyclic) bond motifs is 5. The number of Topliss-reactive ketones (excluding diaryl/α,β-unsaturated/α-hetero) is 3. The molecule has 1 spiro atoms. The highest BCUT2D eigenvalue weighted by molar-refractivity contribution is 6.39. The Morgan fingerprint density at radius 2 is 1.64 bits per heavy atom. The molecule has 1 fully saturated rings. The van der Waals surface area contributed by atoms with Gasteiger partial charge in [-0.3, -0.25) is 24.0 Å². The molecule has 8 N–H and O–H groups in total. The number of hydrogen-bond donors (Lipinski definition) is 8. The normalized spacial score (nSPS) is 28.7. The minimum absolute atomic E-state index is 0.00817. The molecule has 3 aliphatic carbocycles. The van der Waals surface area contributed by atoms with Gasteiger partial charge < -0.3 is 55.0 Å². The van der Waals surface area contributed by atoms with E-state index < -0.39 is 116 Å². The lowest BCUT2D eigenvalue weighted by Gasteiger charge is -2.43. The Bertz CT molecular complexity index is 2230. The van der Waals surface area contributed by atoms with Gasteiger partial charge in [-0.15, -0.1) is 0 Å². The molecule has 0 saturated carbocycles. The Balaban J connectivity index is 1.27. The fourth-order valence-corrected chi connectivity index (χ4v) is 7.34. The smallest absolute Gasteiger partial charge is 0.260 e. The van der Waals surface area contributed by atoms with E-state index in [1.54, 1.807) is 0 Å². The van der Waals surface area contributed by atoms with Crippen LogP contribution in [0, 0.1) is 0 Å². The first-order chi connectivity index (χ1) is 23.6. The molecule has 7 rings (SSSR count). The van der Waals surface area contributed by atoms with Gasteiger partial charge in [-0.2, -0.15) is 0 Å². The number of aliphatic hydroxyl groups is 4. The second-order valence-electron chi connectivity index (χ2n) is 12.1. The number of aryl methyl sites for hydroxylation is 1. The van der Waals surface area contributed by atoms with Crippen molar-refractivity contribution in [2.45, 2.75) is 47.9 Å². The van der Waals surface area contributed by atoms with E-state index in [1.165, 1.54) is 12.1 Å². The number of benzene rings is 2. The fraction of sp³-hybridized carbons (Fsp3) is 0.312. The first-order valence-electron chi connectivity index (χ1n) is 14.8. The number of oxime groups is 1. The number of rotatable bonds is 5. The number of alkyl halides is 1. The Kier molecular flexibility index (Phi) is 7.45. The molecule has 1 saturated heterocycles. The van der Waals surface area contributed by atoms with Crippen LogP contribution in [-0.2, 0) is 26.1 Å². The van der Waals surface area contributed by atoms with E-state index in [4.69, 9.17) is 25.9 Å². The molecule has 3 aromatic rings. The maximum absolute atomic E-state index is 14.1. The van der Waals surface area contributed by atoms with Crippen LogP contribution in [-0.4, -0.2) is 113 Å². The zero-order chi connectivity index (χ0) is 36.2. The second-order valence-corrected chi connectivity index (χ2v) is 12.8. The average Bonchev–Trinajstić information content (AvgIpc) is 3.57. The van der Waals surface area contributed by atoms with Gasteiger partial charge in [0.25, 0.3) is 11.8 Å². The van der Waals surface area contributed by atoms with Crippen molar-refractivity contribution in [3.8, 4) is 17.2 Å². The number of aromatic amines is 1. The largest absolute Gasteiger partial charge is 0.507 e. The number of ketones is 4. The average molecular weight is 713 g/mol. The Hall–Kier alpha value is -5.17. The lowest BCUT2D eigenvalue weighted by atomic mass is 9.76. The zero-order valence-electron chi connectivity index (χ0n) is 25.5. The van der Waals surface area contributed by atoms with Crippen LogP contribution in [0.3, 0.4) is 0 Å². The molecule has 18 heteroatoms. The van der Waals surface area contributed by atoms with E-state index in [9.17, 15) is 59.7 Å². The van der Waals surface area contributed by atoms with Crippen LogP contribution in [0.5, 0.6) is 17.2 Å². The number of H-pyrrole nitrogens is 1. The van der Waals surface area contributed by atoms with Crippen LogP contribution in [0.25, 0.3) is 10.8 Å². The number of nitrogens with one attached hydrogen (secondary N) is 1. The minimum atomic E-state index is -2.22. The number of methoxy groups -OCH3 is 1. The summed E-state index contributed by atoms with van der Waals surface area (Å²) in [7, 11) is 1.10. The number of pyridine rings is 1. The zero-order valence-corrected chi connectivity index (χ0v) is 26.2. The summed E-state index contributed by atoms with van der Waals surface area (Å²) in [5.74, 6) is -7.27. The Morgan fingerprint density at radius 1 is 0.980 bits per heavy atom. The summed E-state index contributed by atoms with van der Waals surface area (Å²) >= 11 is 5.97. The topological polar surface area (TPSA) is 283 Å². The van der Waals surface area contributed by atoms with Crippen LogP contribution in [0.2, 0.25) is 0 Å². The Morgan fingerprint density at radius 3 is 2.28 bits per heavy atom. The summed E-state index contributed by atoms with van der Waals surface area (Å²) in [6.45, 7) is -0.962. The van der Waals surface area contributed by atoms with Gasteiger partial charge >= 0.3 is 0 Å². The van der Waals surface area contributed by atoms with E-state index in [0.29, 0.717) is 0 Å². The fourth-order valence-electron chi connectivity index (χ4n) is 7.13. The van der Waals surface area contributed by atoms with E-state index in [2.05, 4.69) is 10.1 Å². The molecule has 6 atom stereocenters. The SMILES string of the molecule is COC1=CC(=O)c2c(O)c3c(c(O)c2C1=O)C(=O)[C@]1(CCc2cc4cc(/C=N/O[C@@H]5O[C@](Cl)(CO)[C@@H](O)[C@H](O)[C@H]5O)[nH]c(=O)c4c(O)c21)C3=O. The van der Waals surface area contributed by atoms with Crippen molar-refractivity contribution < 1.29 is 69.2 Å². The summed E-state index contributed by atoms with van der Waals surface area (Å²) < 4.78 is 10.1. The van der Waals surface area contributed by atoms with Gasteiger partial charge in [-0.25, -0.2) is 0 Å². The first-order valence-corrected chi connectivity index (χ1v) is 15.2. The van der Waals surface area contributed by atoms with Gasteiger partial charge in [-0.05, 0) is 29.9 Å². The number of aromatic nitrogens is 1. The molecule has 0 radical (unpaired) electrons. The summed E-state index contributed by atoms with van der Waals surface area (Å²) in [6, 6.07) is 2.79. The van der Waals surface area contributed by atoms with E-state index >= 15 is 0 Å². The number of hydrogen-bond acceptors (Lipinski definition) is 16. The van der Waals surface area contributed by atoms with Crippen LogP contribution in [0.1, 0.15) is 64.7 Å². The number of halogens is 1. The van der Waals surface area contributed by atoms with E-state index in [0.717, 1.165) is 19.4 Å². The third kappa shape index (κ3) is 4.25. The quantitative estimate of drug-likeness (QED) is 0.0546. The molecule has 1 aromatic heterocycles. The maximum Gasteiger partial charge on any atom is 0.260 e. The number of phenols is 3. The Labute approximate surface area is 283 Å². The highest BCUT2D eigenvalue weighted by Gasteiger charge is 2.62. The number of ether oxygens (including phenoxy) is 2. The molecule has 0 unspecified atom stereocenters. The summed E-state index contributed by atoms with van der Waals surface area (Å²) in [4.78, 5) is 74.9. The van der Waals surface area contributed by atoms with Crippen molar-refractivity contribution in [1.82, 2.24) is 4.98 Å². The highest BCUT2D eigenvalue weighted by Crippen LogP contribution is 2.57. The lowest BCUT2D eigenvalue weighted by Crippen LogP contribution is -2.63. The number of aromatic hydroxyl groups is 3. The molecule has 4 aliphatic rings. The van der Waals surface area contributed by atoms with Gasteiger partial charge in [0.15, 0.2) is 28.2 Å². The maximum atomic E-state index is 14.1. The molecular weight excluding hydrogens is 688 g/mol. The number of phenolic OH excluding ortho intramolecular Hbond substituents is 3. The standard InChI is InChI=1S/C32H25ClN2O15/c1-48-13-6-12(37)15-16(20(13)38)22(40)18-17(21(15)39)26(44)31(27(18)45)3-2-9-4-10-5-11(35-29(47)14(10)23(41)19(9)31)7-34-50-30-25(43)24(42)28(46)32(33,8-36)49-30/h4-7,24-25,28,30,36,39-43,46H,2-3,8H2,1H3,(H,35,47)/b34-7+/t24-,25-,28+,30+,31+,32-/m1/s1. The molecular formula is C32H25ClN2O15. The summed E-state index contributed by atoms with van der Waals surface area (Å²) in [5.41, 5.74) is -5.93. The van der Waals surface area contributed by atoms with Crippen molar-refractivity contribution >= 4 is 51.7 Å². The minimum Gasteiger partial charge on any atom is -0.507 e. The monoisotopic (exact) mass is 712 g/mol. The number of carbonyl (C=O) groups excluding carboxylic acids is 4.